The number of nitrogens with two attached hydrogens (primary N) is 3. The van der Waals surface area contributed by atoms with Crippen LogP contribution in [0.3, 0.4) is 0 Å². The second-order valence-electron chi connectivity index (χ2n) is 14.9. The van der Waals surface area contributed by atoms with Gasteiger partial charge in [-0.3, -0.25) is 10.1 Å². The first-order valence-corrected chi connectivity index (χ1v) is 22.9. The van der Waals surface area contributed by atoms with Gasteiger partial charge in [-0.05, 0) is 96.2 Å². The van der Waals surface area contributed by atoms with Crippen LogP contribution in [0.15, 0.2) is 89.6 Å². The normalized spacial score (nSPS) is 12.1. The van der Waals surface area contributed by atoms with Gasteiger partial charge in [0.1, 0.15) is 12.1 Å². The third kappa shape index (κ3) is 26.6. The number of carbonyl (C=O) groups excluding carboxylic acids is 1. The Kier molecular flexibility index (Phi) is 28.7. The molecule has 0 bridgehead atoms. The molecule has 386 valence electrons. The van der Waals surface area contributed by atoms with Gasteiger partial charge in [0.15, 0.2) is 26.2 Å². The van der Waals surface area contributed by atoms with Gasteiger partial charge < -0.3 is 38.5 Å². The number of rotatable bonds is 10. The number of halogens is 10. The van der Waals surface area contributed by atoms with Crippen molar-refractivity contribution >= 4 is 91.6 Å². The zero-order chi connectivity index (χ0) is 52.7. The summed E-state index contributed by atoms with van der Waals surface area (Å²) in [6.07, 6.45) is -12.9. The van der Waals surface area contributed by atoms with E-state index in [0.717, 1.165) is 59.1 Å². The van der Waals surface area contributed by atoms with Crippen molar-refractivity contribution in [1.29, 1.82) is 0 Å². The topological polar surface area (TPSA) is 185 Å². The maximum Gasteiger partial charge on any atom is 0.408 e. The Hall–Kier alpha value is -5.36. The molecule has 0 aliphatic rings. The first-order chi connectivity index (χ1) is 32.0. The fourth-order valence-corrected chi connectivity index (χ4v) is 6.51. The lowest BCUT2D eigenvalue weighted by molar-refractivity contribution is -0.148. The Morgan fingerprint density at radius 2 is 1.09 bits per heavy atom. The van der Waals surface area contributed by atoms with Gasteiger partial charge in [-0.15, -0.1) is 35.1 Å². The number of hydrogen-bond donors (Lipinski definition) is 8. The third-order valence-corrected chi connectivity index (χ3v) is 9.96. The fourth-order valence-electron chi connectivity index (χ4n) is 4.33. The van der Waals surface area contributed by atoms with Gasteiger partial charge in [-0.2, -0.15) is 39.5 Å². The number of alkyl halides is 9. The molecule has 3 atom stereocenters. The molecular formula is C44H55ClF9N11OS4. The zero-order valence-corrected chi connectivity index (χ0v) is 42.8. The van der Waals surface area contributed by atoms with Gasteiger partial charge in [0.2, 0.25) is 0 Å². The number of thiocarbonyl (C=S) groups is 2. The van der Waals surface area contributed by atoms with Crippen LogP contribution in [0.25, 0.3) is 27.4 Å². The smallest absolute Gasteiger partial charge is 0.376 e. The SMILES string of the molecule is CC(C)Nc1nc(-c2ccc(CN)cc2)cs1.C[C@@H](N)C(F)(F)F.C[C@@H](NC(=S)NC(=O)c1ccccc1)C(F)(F)F.C[C@@H](NC(N)=S)C(F)(F)F.Cl.[C-]#[N+]c1ccc(-c2csc(NC(C)C)n2)cc1. The van der Waals surface area contributed by atoms with Crippen molar-refractivity contribution in [3.05, 3.63) is 112 Å². The van der Waals surface area contributed by atoms with Crippen LogP contribution >= 0.6 is 59.5 Å². The fraction of sp³-hybridized carbons (Fsp3) is 0.364. The predicted molar refractivity (Wildman–Crippen MR) is 274 cm³/mol. The van der Waals surface area contributed by atoms with E-state index in [1.807, 2.05) is 52.4 Å². The van der Waals surface area contributed by atoms with Crippen molar-refractivity contribution in [3.63, 3.8) is 0 Å². The van der Waals surface area contributed by atoms with E-state index in [1.54, 1.807) is 40.9 Å². The zero-order valence-electron chi connectivity index (χ0n) is 38.7. The monoisotopic (exact) mass is 1090 g/mol. The first kappa shape index (κ1) is 64.6. The first-order valence-electron chi connectivity index (χ1n) is 20.4. The third-order valence-electron chi connectivity index (χ3n) is 8.08. The maximum atomic E-state index is 12.2. The minimum absolute atomic E-state index is 0. The number of anilines is 2. The lowest BCUT2D eigenvalue weighted by Crippen LogP contribution is -2.48. The van der Waals surface area contributed by atoms with Crippen LogP contribution in [0, 0.1) is 6.57 Å². The van der Waals surface area contributed by atoms with E-state index in [4.69, 9.17) is 18.0 Å². The summed E-state index contributed by atoms with van der Waals surface area (Å²) in [6, 6.07) is 19.4. The van der Waals surface area contributed by atoms with E-state index in [1.165, 1.54) is 12.1 Å². The standard InChI is InChI=1S/C13H13N3S.C13H17N3S.C11H11F3N2OS.C4H7F3N2S.C3H6F3N.ClH/c1-9(2)15-13-16-12(8-17-13)10-4-6-11(14-3)7-5-10;1-9(2)15-13-16-12(8-17-13)11-5-3-10(7-14)4-6-11;1-7(11(12,13)14)15-10(18)16-9(17)8-5-3-2-4-6-8;1-2(4(5,6)7)9-3(8)10;1-2(7)3(4,5)6;/h4-9H,1-2H3,(H,15,16);3-6,8-9H,7,14H2,1-2H3,(H,15,16);2-7H,1H3,(H2,15,16,17,18);2H,1H3,(H3,8,9,10);2H,7H2,1H3;1H/t;;7-;2*2-;/m..111./s1. The van der Waals surface area contributed by atoms with E-state index in [9.17, 15) is 44.3 Å². The molecule has 11 N–H and O–H groups in total. The van der Waals surface area contributed by atoms with Crippen molar-refractivity contribution in [2.75, 3.05) is 10.6 Å². The summed E-state index contributed by atoms with van der Waals surface area (Å²) in [7, 11) is 0. The van der Waals surface area contributed by atoms with Crippen LogP contribution in [-0.2, 0) is 6.54 Å². The van der Waals surface area contributed by atoms with Gasteiger partial charge in [0, 0.05) is 40.5 Å². The van der Waals surface area contributed by atoms with Gasteiger partial charge in [0.25, 0.3) is 5.91 Å². The lowest BCUT2D eigenvalue weighted by atomic mass is 10.1. The molecule has 0 radical (unpaired) electrons. The highest BCUT2D eigenvalue weighted by Gasteiger charge is 2.37. The van der Waals surface area contributed by atoms with Gasteiger partial charge >= 0.3 is 18.5 Å². The minimum Gasteiger partial charge on any atom is -0.376 e. The molecule has 12 nitrogen and oxygen atoms in total. The number of benzene rings is 3. The Bertz CT molecular complexity index is 2340. The molecule has 2 aromatic heterocycles. The van der Waals surface area contributed by atoms with Gasteiger partial charge in [-0.1, -0.05) is 66.7 Å². The molecule has 2 heterocycles. The van der Waals surface area contributed by atoms with E-state index in [-0.39, 0.29) is 22.6 Å². The Morgan fingerprint density at radius 3 is 1.41 bits per heavy atom. The van der Waals surface area contributed by atoms with Crippen molar-refractivity contribution in [2.45, 2.75) is 104 Å². The van der Waals surface area contributed by atoms with Crippen LogP contribution in [0.4, 0.5) is 55.5 Å². The number of hydrogen-bond acceptors (Lipinski definition) is 11. The summed E-state index contributed by atoms with van der Waals surface area (Å²) in [5, 5.41) is 17.9. The molecule has 0 saturated heterocycles. The molecule has 3 aromatic carbocycles. The second kappa shape index (κ2) is 31.1. The van der Waals surface area contributed by atoms with Crippen LogP contribution in [0.5, 0.6) is 0 Å². The van der Waals surface area contributed by atoms with Crippen LogP contribution in [0.2, 0.25) is 0 Å². The Labute approximate surface area is 426 Å². The number of thiazole rings is 2. The van der Waals surface area contributed by atoms with E-state index in [2.05, 4.69) is 106 Å². The number of nitrogens with zero attached hydrogens (tertiary/aromatic N) is 3. The van der Waals surface area contributed by atoms with Crippen molar-refractivity contribution < 1.29 is 44.3 Å². The van der Waals surface area contributed by atoms with E-state index >= 15 is 0 Å². The molecule has 26 heteroatoms. The number of nitrogens with one attached hydrogen (secondary N) is 5. The molecule has 0 aliphatic heterocycles. The van der Waals surface area contributed by atoms with Crippen molar-refractivity contribution in [3.8, 4) is 22.5 Å². The van der Waals surface area contributed by atoms with Crippen LogP contribution in [0.1, 0.15) is 64.4 Å². The summed E-state index contributed by atoms with van der Waals surface area (Å²) in [6.45, 7) is 18.6. The highest BCUT2D eigenvalue weighted by Crippen LogP contribution is 2.28. The summed E-state index contributed by atoms with van der Waals surface area (Å²) >= 11 is 12.1. The predicted octanol–water partition coefficient (Wildman–Crippen LogP) is 11.6. The summed E-state index contributed by atoms with van der Waals surface area (Å²) in [5.41, 5.74) is 21.1. The second-order valence-corrected chi connectivity index (χ2v) is 17.5. The quantitative estimate of drug-likeness (QED) is 0.0377. The number of aromatic nitrogens is 2. The summed E-state index contributed by atoms with van der Waals surface area (Å²) < 4.78 is 105. The van der Waals surface area contributed by atoms with Gasteiger partial charge in [-0.25, -0.2) is 14.8 Å². The summed E-state index contributed by atoms with van der Waals surface area (Å²) in [5.74, 6) is -0.553. The maximum absolute atomic E-state index is 12.2. The number of amides is 1. The van der Waals surface area contributed by atoms with E-state index in [0.29, 0.717) is 29.9 Å². The molecule has 0 unspecified atom stereocenters. The molecule has 0 aliphatic carbocycles. The molecule has 1 amide bonds. The minimum atomic E-state index is -4.42. The highest BCUT2D eigenvalue weighted by molar-refractivity contribution is 7.80. The van der Waals surface area contributed by atoms with Crippen LogP contribution < -0.4 is 43.8 Å². The molecule has 0 saturated carbocycles. The average molecular weight is 1090 g/mol. The van der Waals surface area contributed by atoms with Crippen molar-refractivity contribution in [1.82, 2.24) is 25.9 Å². The Balaban J connectivity index is 0.000000877. The lowest BCUT2D eigenvalue weighted by Gasteiger charge is -2.18. The van der Waals surface area contributed by atoms with Gasteiger partial charge in [0.05, 0.1) is 24.0 Å². The number of carbonyl (C=O) groups is 1. The summed E-state index contributed by atoms with van der Waals surface area (Å²) in [4.78, 5) is 24.0. The molecule has 5 rings (SSSR count). The molecular weight excluding hydrogens is 1030 g/mol. The molecule has 5 aromatic rings. The van der Waals surface area contributed by atoms with Crippen molar-refractivity contribution in [2.24, 2.45) is 17.2 Å². The molecule has 70 heavy (non-hydrogen) atoms. The average Bonchev–Trinajstić information content (AvgIpc) is 3.93. The molecule has 0 fully saturated rings. The largest absolute Gasteiger partial charge is 0.408 e. The van der Waals surface area contributed by atoms with E-state index < -0.39 is 42.6 Å². The highest BCUT2D eigenvalue weighted by atomic mass is 35.5. The Morgan fingerprint density at radius 1 is 0.686 bits per heavy atom. The molecule has 0 spiro atoms. The van der Waals surface area contributed by atoms with Crippen LogP contribution in [-0.4, -0.2) is 74.8 Å².